The van der Waals surface area contributed by atoms with E-state index in [1.54, 1.807) is 0 Å². The van der Waals surface area contributed by atoms with Crippen LogP contribution in [0.15, 0.2) is 0 Å². The van der Waals surface area contributed by atoms with Gasteiger partial charge in [0, 0.05) is 25.7 Å². The van der Waals surface area contributed by atoms with E-state index in [0.29, 0.717) is 12.5 Å². The molecule has 0 radical (unpaired) electrons. The number of carbonyl (C=O) groups excluding carboxylic acids is 1. The van der Waals surface area contributed by atoms with E-state index >= 15 is 0 Å². The third-order valence-corrected chi connectivity index (χ3v) is 4.10. The van der Waals surface area contributed by atoms with Gasteiger partial charge in [0.05, 0.1) is 0 Å². The van der Waals surface area contributed by atoms with E-state index in [9.17, 15) is 4.79 Å². The highest BCUT2D eigenvalue weighted by Gasteiger charge is 2.35. The minimum Gasteiger partial charge on any atom is -0.368 e. The van der Waals surface area contributed by atoms with Gasteiger partial charge in [0.1, 0.15) is 6.10 Å². The van der Waals surface area contributed by atoms with Crippen LogP contribution in [0, 0.1) is 5.92 Å². The number of nitrogens with two attached hydrogens (primary N) is 1. The Bertz CT molecular complexity index is 264. The Kier molecular flexibility index (Phi) is 4.40. The Labute approximate surface area is 103 Å². The maximum atomic E-state index is 12.4. The molecule has 98 valence electrons. The first-order valence-corrected chi connectivity index (χ1v) is 6.86. The van der Waals surface area contributed by atoms with Crippen LogP contribution in [0.25, 0.3) is 0 Å². The fourth-order valence-corrected chi connectivity index (χ4v) is 3.00. The van der Waals surface area contributed by atoms with E-state index in [1.807, 2.05) is 4.90 Å². The fourth-order valence-electron chi connectivity index (χ4n) is 3.00. The van der Waals surface area contributed by atoms with Crippen molar-refractivity contribution in [3.63, 3.8) is 0 Å². The molecule has 17 heavy (non-hydrogen) atoms. The number of likely N-dealkylation sites (tertiary alicyclic amines) is 1. The first-order chi connectivity index (χ1) is 8.24. The average Bonchev–Trinajstić information content (AvgIpc) is 2.38. The van der Waals surface area contributed by atoms with Crippen molar-refractivity contribution in [3.8, 4) is 0 Å². The lowest BCUT2D eigenvalue weighted by atomic mass is 9.90. The summed E-state index contributed by atoms with van der Waals surface area (Å²) >= 11 is 0. The molecule has 0 aromatic carbocycles. The van der Waals surface area contributed by atoms with Gasteiger partial charge in [0.15, 0.2) is 0 Å². The number of nitrogens with zero attached hydrogens (tertiary/aromatic N) is 1. The number of ether oxygens (including phenoxy) is 1. The van der Waals surface area contributed by atoms with Gasteiger partial charge < -0.3 is 15.4 Å². The largest absolute Gasteiger partial charge is 0.368 e. The Morgan fingerprint density at radius 3 is 2.82 bits per heavy atom. The maximum absolute atomic E-state index is 12.4. The smallest absolute Gasteiger partial charge is 0.251 e. The Morgan fingerprint density at radius 1 is 1.35 bits per heavy atom. The normalized spacial score (nSPS) is 34.7. The monoisotopic (exact) mass is 240 g/mol. The molecule has 2 saturated heterocycles. The summed E-state index contributed by atoms with van der Waals surface area (Å²) < 4.78 is 5.59. The highest BCUT2D eigenvalue weighted by Crippen LogP contribution is 2.25. The second kappa shape index (κ2) is 5.83. The second-order valence-corrected chi connectivity index (χ2v) is 5.31. The summed E-state index contributed by atoms with van der Waals surface area (Å²) in [5, 5.41) is 0. The topological polar surface area (TPSA) is 55.6 Å². The quantitative estimate of drug-likeness (QED) is 0.787. The number of rotatable bonds is 2. The summed E-state index contributed by atoms with van der Waals surface area (Å²) in [5.41, 5.74) is 5.82. The standard InChI is InChI=1S/C13H24N2O2/c1-10-5-4-7-15(11(10)9-14)13(16)12-6-2-3-8-17-12/h10-12H,2-9,14H2,1H3. The molecule has 0 aromatic rings. The molecule has 3 unspecified atom stereocenters. The summed E-state index contributed by atoms with van der Waals surface area (Å²) in [5.74, 6) is 0.688. The molecule has 0 aromatic heterocycles. The lowest BCUT2D eigenvalue weighted by Gasteiger charge is -2.41. The van der Waals surface area contributed by atoms with Crippen LogP contribution in [-0.4, -0.2) is 42.6 Å². The van der Waals surface area contributed by atoms with Crippen LogP contribution < -0.4 is 5.73 Å². The van der Waals surface area contributed by atoms with Crippen molar-refractivity contribution in [3.05, 3.63) is 0 Å². The number of hydrogen-bond acceptors (Lipinski definition) is 3. The molecule has 2 aliphatic rings. The zero-order chi connectivity index (χ0) is 12.3. The van der Waals surface area contributed by atoms with Gasteiger partial charge >= 0.3 is 0 Å². The molecular formula is C13H24N2O2. The minimum atomic E-state index is -0.205. The van der Waals surface area contributed by atoms with Crippen LogP contribution in [0.5, 0.6) is 0 Å². The van der Waals surface area contributed by atoms with Crippen molar-refractivity contribution in [1.82, 2.24) is 4.90 Å². The predicted octanol–water partition coefficient (Wildman–Crippen LogP) is 1.14. The van der Waals surface area contributed by atoms with Gasteiger partial charge in [-0.1, -0.05) is 6.92 Å². The van der Waals surface area contributed by atoms with Crippen LogP contribution in [0.2, 0.25) is 0 Å². The third kappa shape index (κ3) is 2.80. The van der Waals surface area contributed by atoms with Crippen molar-refractivity contribution in [2.45, 2.75) is 51.2 Å². The fraction of sp³-hybridized carbons (Fsp3) is 0.923. The van der Waals surface area contributed by atoms with Gasteiger partial charge in [-0.2, -0.15) is 0 Å². The van der Waals surface area contributed by atoms with Gasteiger partial charge in [-0.25, -0.2) is 0 Å². The van der Waals surface area contributed by atoms with Gasteiger partial charge in [0.25, 0.3) is 5.91 Å². The molecule has 0 spiro atoms. The third-order valence-electron chi connectivity index (χ3n) is 4.10. The summed E-state index contributed by atoms with van der Waals surface area (Å²) in [6, 6.07) is 0.210. The zero-order valence-corrected chi connectivity index (χ0v) is 10.7. The Hall–Kier alpha value is -0.610. The van der Waals surface area contributed by atoms with E-state index in [0.717, 1.165) is 38.8 Å². The molecular weight excluding hydrogens is 216 g/mol. The first kappa shape index (κ1) is 12.8. The summed E-state index contributed by atoms with van der Waals surface area (Å²) in [6.07, 6.45) is 5.13. The molecule has 2 fully saturated rings. The van der Waals surface area contributed by atoms with Crippen LogP contribution in [-0.2, 0) is 9.53 Å². The van der Waals surface area contributed by atoms with Crippen molar-refractivity contribution < 1.29 is 9.53 Å². The van der Waals surface area contributed by atoms with Gasteiger partial charge in [-0.3, -0.25) is 4.79 Å². The molecule has 1 amide bonds. The highest BCUT2D eigenvalue weighted by molar-refractivity contribution is 5.81. The van der Waals surface area contributed by atoms with E-state index in [2.05, 4.69) is 6.92 Å². The molecule has 4 heteroatoms. The van der Waals surface area contributed by atoms with Crippen molar-refractivity contribution in [2.75, 3.05) is 19.7 Å². The van der Waals surface area contributed by atoms with Crippen molar-refractivity contribution >= 4 is 5.91 Å². The number of piperidine rings is 1. The lowest BCUT2D eigenvalue weighted by molar-refractivity contribution is -0.151. The number of hydrogen-bond donors (Lipinski definition) is 1. The summed E-state index contributed by atoms with van der Waals surface area (Å²) in [6.45, 7) is 4.34. The Morgan fingerprint density at radius 2 is 2.18 bits per heavy atom. The van der Waals surface area contributed by atoms with Crippen LogP contribution in [0.4, 0.5) is 0 Å². The molecule has 2 aliphatic heterocycles. The Balaban J connectivity index is 2.00. The molecule has 2 heterocycles. The number of amides is 1. The SMILES string of the molecule is CC1CCCN(C(=O)C2CCCCO2)C1CN. The van der Waals surface area contributed by atoms with E-state index in [1.165, 1.54) is 6.42 Å². The molecule has 0 saturated carbocycles. The van der Waals surface area contributed by atoms with Gasteiger partial charge in [-0.05, 0) is 38.0 Å². The van der Waals surface area contributed by atoms with E-state index in [-0.39, 0.29) is 18.1 Å². The van der Waals surface area contributed by atoms with Crippen molar-refractivity contribution in [2.24, 2.45) is 11.7 Å². The minimum absolute atomic E-state index is 0.173. The molecule has 2 rings (SSSR count). The predicted molar refractivity (Wildman–Crippen MR) is 66.5 cm³/mol. The van der Waals surface area contributed by atoms with Crippen LogP contribution >= 0.6 is 0 Å². The molecule has 0 bridgehead atoms. The first-order valence-electron chi connectivity index (χ1n) is 6.86. The van der Waals surface area contributed by atoms with Crippen molar-refractivity contribution in [1.29, 1.82) is 0 Å². The number of carbonyl (C=O) groups is 1. The van der Waals surface area contributed by atoms with Crippen LogP contribution in [0.3, 0.4) is 0 Å². The second-order valence-electron chi connectivity index (χ2n) is 5.31. The summed E-state index contributed by atoms with van der Waals surface area (Å²) in [4.78, 5) is 14.4. The molecule has 2 N–H and O–H groups in total. The van der Waals surface area contributed by atoms with E-state index in [4.69, 9.17) is 10.5 Å². The van der Waals surface area contributed by atoms with Crippen LogP contribution in [0.1, 0.15) is 39.0 Å². The van der Waals surface area contributed by atoms with Gasteiger partial charge in [-0.15, -0.1) is 0 Å². The lowest BCUT2D eigenvalue weighted by Crippen LogP contribution is -2.54. The maximum Gasteiger partial charge on any atom is 0.251 e. The molecule has 0 aliphatic carbocycles. The van der Waals surface area contributed by atoms with Gasteiger partial charge in [0.2, 0.25) is 0 Å². The van der Waals surface area contributed by atoms with E-state index < -0.39 is 0 Å². The average molecular weight is 240 g/mol. The summed E-state index contributed by atoms with van der Waals surface area (Å²) in [7, 11) is 0. The molecule has 3 atom stereocenters. The highest BCUT2D eigenvalue weighted by atomic mass is 16.5. The molecule has 4 nitrogen and oxygen atoms in total. The zero-order valence-electron chi connectivity index (χ0n) is 10.7.